The Morgan fingerprint density at radius 1 is 0.889 bits per heavy atom. The normalized spacial score (nSPS) is 28.1. The molecule has 1 saturated heterocycles. The Hall–Kier alpha value is -2.59. The maximum atomic E-state index is 12.8. The molecular weight excluding hydrogens is 362 g/mol. The highest BCUT2D eigenvalue weighted by Crippen LogP contribution is 2.53. The minimum absolute atomic E-state index is 0.0586. The van der Waals surface area contributed by atoms with E-state index in [-0.39, 0.29) is 35.5 Å². The van der Waals surface area contributed by atoms with E-state index in [4.69, 9.17) is 16.3 Å². The number of amides is 2. The lowest BCUT2D eigenvalue weighted by atomic mass is 9.85. The Kier molecular flexibility index (Phi) is 3.83. The molecule has 2 amide bonds. The quantitative estimate of drug-likeness (QED) is 0.590. The van der Waals surface area contributed by atoms with Gasteiger partial charge in [-0.2, -0.15) is 0 Å². The van der Waals surface area contributed by atoms with Crippen molar-refractivity contribution >= 4 is 29.1 Å². The van der Waals surface area contributed by atoms with Crippen LogP contribution in [0.2, 0.25) is 5.02 Å². The molecule has 1 aliphatic heterocycles. The summed E-state index contributed by atoms with van der Waals surface area (Å²) in [5.41, 5.74) is 1.64. The highest BCUT2D eigenvalue weighted by atomic mass is 35.5. The first kappa shape index (κ1) is 16.6. The Bertz CT molecular complexity index is 905. The molecule has 0 unspecified atom stereocenters. The number of hydrogen-bond acceptors (Lipinski definition) is 3. The molecule has 2 aromatic carbocycles. The van der Waals surface area contributed by atoms with Gasteiger partial charge in [0.25, 0.3) is 0 Å². The number of nitrogens with zero attached hydrogens (tertiary/aromatic N) is 1. The van der Waals surface area contributed by atoms with Crippen LogP contribution in [0.15, 0.2) is 60.7 Å². The largest absolute Gasteiger partial charge is 0.489 e. The lowest BCUT2D eigenvalue weighted by Gasteiger charge is -2.17. The minimum atomic E-state index is -0.173. The van der Waals surface area contributed by atoms with E-state index in [9.17, 15) is 9.59 Å². The van der Waals surface area contributed by atoms with Crippen LogP contribution in [-0.4, -0.2) is 11.8 Å². The summed E-state index contributed by atoms with van der Waals surface area (Å²) in [6, 6.07) is 14.6. The Balaban J connectivity index is 1.30. The van der Waals surface area contributed by atoms with E-state index < -0.39 is 0 Å². The predicted molar refractivity (Wildman–Crippen MR) is 102 cm³/mol. The zero-order chi connectivity index (χ0) is 18.5. The Morgan fingerprint density at radius 3 is 2.07 bits per heavy atom. The first-order valence-electron chi connectivity index (χ1n) is 9.15. The molecule has 2 bridgehead atoms. The van der Waals surface area contributed by atoms with Crippen LogP contribution in [0.25, 0.3) is 0 Å². The van der Waals surface area contributed by atoms with Crippen molar-refractivity contribution in [2.24, 2.45) is 23.7 Å². The fourth-order valence-electron chi connectivity index (χ4n) is 4.60. The fourth-order valence-corrected chi connectivity index (χ4v) is 4.72. The maximum absolute atomic E-state index is 12.8. The summed E-state index contributed by atoms with van der Waals surface area (Å²) in [5, 5.41) is 0.691. The maximum Gasteiger partial charge on any atom is 0.238 e. The molecule has 4 nitrogen and oxygen atoms in total. The number of carbonyl (C=O) groups is 2. The van der Waals surface area contributed by atoms with Crippen molar-refractivity contribution in [3.63, 3.8) is 0 Å². The van der Waals surface area contributed by atoms with Crippen LogP contribution in [0.5, 0.6) is 5.75 Å². The zero-order valence-electron chi connectivity index (χ0n) is 14.5. The second-order valence-corrected chi connectivity index (χ2v) is 7.86. The first-order valence-corrected chi connectivity index (χ1v) is 9.53. The predicted octanol–water partition coefficient (Wildman–Crippen LogP) is 4.23. The summed E-state index contributed by atoms with van der Waals surface area (Å²) in [5.74, 6) is 0.677. The van der Waals surface area contributed by atoms with Gasteiger partial charge in [-0.1, -0.05) is 35.9 Å². The SMILES string of the molecule is O=C1[C@@H]2[C@@H](C(=O)N1c1ccc(OCc3ccc(Cl)cc3)cc1)[C@H]1C=C[C@H]2C1. The van der Waals surface area contributed by atoms with Crippen molar-refractivity contribution in [3.8, 4) is 5.75 Å². The molecule has 0 N–H and O–H groups in total. The van der Waals surface area contributed by atoms with Gasteiger partial charge in [-0.25, -0.2) is 0 Å². The van der Waals surface area contributed by atoms with Crippen LogP contribution in [-0.2, 0) is 16.2 Å². The number of benzene rings is 2. The monoisotopic (exact) mass is 379 g/mol. The molecule has 2 aromatic rings. The molecule has 5 heteroatoms. The van der Waals surface area contributed by atoms with Gasteiger partial charge < -0.3 is 4.74 Å². The standard InChI is InChI=1S/C22H18ClNO3/c23-16-5-1-13(2-6-16)12-27-18-9-7-17(8-10-18)24-21(25)19-14-3-4-15(11-14)20(19)22(24)26/h1-10,14-15,19-20H,11-12H2/t14-,15-,19-,20-/m0/s1. The molecule has 1 saturated carbocycles. The third-order valence-electron chi connectivity index (χ3n) is 5.88. The van der Waals surface area contributed by atoms with E-state index in [0.29, 0.717) is 23.1 Å². The van der Waals surface area contributed by atoms with Gasteiger partial charge in [-0.15, -0.1) is 0 Å². The average Bonchev–Trinajstić information content (AvgIpc) is 3.36. The fraction of sp³-hybridized carbons (Fsp3) is 0.273. The Morgan fingerprint density at radius 2 is 1.48 bits per heavy atom. The molecule has 0 spiro atoms. The van der Waals surface area contributed by atoms with Crippen molar-refractivity contribution in [2.45, 2.75) is 13.0 Å². The molecule has 136 valence electrons. The van der Waals surface area contributed by atoms with Gasteiger partial charge in [-0.05, 0) is 60.2 Å². The van der Waals surface area contributed by atoms with Crippen LogP contribution >= 0.6 is 11.6 Å². The number of ether oxygens (including phenoxy) is 1. The summed E-state index contributed by atoms with van der Waals surface area (Å²) in [7, 11) is 0. The van der Waals surface area contributed by atoms with Crippen molar-refractivity contribution in [3.05, 3.63) is 71.3 Å². The zero-order valence-corrected chi connectivity index (χ0v) is 15.3. The summed E-state index contributed by atoms with van der Waals surface area (Å²) in [4.78, 5) is 27.0. The van der Waals surface area contributed by atoms with Gasteiger partial charge in [0.2, 0.25) is 11.8 Å². The summed E-state index contributed by atoms with van der Waals surface area (Å²) < 4.78 is 5.78. The minimum Gasteiger partial charge on any atom is -0.489 e. The van der Waals surface area contributed by atoms with E-state index in [1.165, 1.54) is 4.90 Å². The highest BCUT2D eigenvalue weighted by Gasteiger charge is 2.59. The number of fused-ring (bicyclic) bond motifs is 5. The van der Waals surface area contributed by atoms with Crippen LogP contribution in [0, 0.1) is 23.7 Å². The second kappa shape index (κ2) is 6.24. The highest BCUT2D eigenvalue weighted by molar-refractivity contribution is 6.30. The number of carbonyl (C=O) groups excluding carboxylic acids is 2. The second-order valence-electron chi connectivity index (χ2n) is 7.42. The van der Waals surface area contributed by atoms with Crippen LogP contribution in [0.1, 0.15) is 12.0 Å². The van der Waals surface area contributed by atoms with Crippen LogP contribution in [0.3, 0.4) is 0 Å². The van der Waals surface area contributed by atoms with Gasteiger partial charge in [0.1, 0.15) is 12.4 Å². The molecule has 3 aliphatic rings. The summed E-state index contributed by atoms with van der Waals surface area (Å²) in [6.07, 6.45) is 5.15. The van der Waals surface area contributed by atoms with Gasteiger partial charge in [0.15, 0.2) is 0 Å². The molecule has 27 heavy (non-hydrogen) atoms. The van der Waals surface area contributed by atoms with E-state index in [1.54, 1.807) is 24.3 Å². The van der Waals surface area contributed by atoms with E-state index in [0.717, 1.165) is 12.0 Å². The number of halogens is 1. The van der Waals surface area contributed by atoms with E-state index in [1.807, 2.05) is 24.3 Å². The van der Waals surface area contributed by atoms with E-state index in [2.05, 4.69) is 12.2 Å². The first-order chi connectivity index (χ1) is 13.1. The third-order valence-corrected chi connectivity index (χ3v) is 6.14. The molecule has 0 aromatic heterocycles. The third kappa shape index (κ3) is 2.67. The van der Waals surface area contributed by atoms with Crippen molar-refractivity contribution < 1.29 is 14.3 Å². The van der Waals surface area contributed by atoms with Crippen molar-refractivity contribution in [1.29, 1.82) is 0 Å². The summed E-state index contributed by atoms with van der Waals surface area (Å²) in [6.45, 7) is 0.428. The number of hydrogen-bond donors (Lipinski definition) is 0. The lowest BCUT2D eigenvalue weighted by Crippen LogP contribution is -2.32. The number of allylic oxidation sites excluding steroid dienone is 2. The smallest absolute Gasteiger partial charge is 0.238 e. The summed E-state index contributed by atoms with van der Waals surface area (Å²) >= 11 is 5.88. The molecule has 4 atom stereocenters. The molecule has 2 fully saturated rings. The van der Waals surface area contributed by atoms with Crippen LogP contribution < -0.4 is 9.64 Å². The molecule has 0 radical (unpaired) electrons. The van der Waals surface area contributed by atoms with Crippen LogP contribution in [0.4, 0.5) is 5.69 Å². The van der Waals surface area contributed by atoms with Crippen molar-refractivity contribution in [1.82, 2.24) is 0 Å². The molecule has 2 aliphatic carbocycles. The number of anilines is 1. The van der Waals surface area contributed by atoms with Gasteiger partial charge in [-0.3, -0.25) is 14.5 Å². The van der Waals surface area contributed by atoms with Crippen molar-refractivity contribution in [2.75, 3.05) is 4.90 Å². The molecule has 1 heterocycles. The average molecular weight is 380 g/mol. The molecule has 5 rings (SSSR count). The Labute approximate surface area is 162 Å². The number of imide groups is 1. The molecular formula is C22H18ClNO3. The lowest BCUT2D eigenvalue weighted by molar-refractivity contribution is -0.123. The number of rotatable bonds is 4. The van der Waals surface area contributed by atoms with Gasteiger partial charge in [0.05, 0.1) is 17.5 Å². The topological polar surface area (TPSA) is 46.6 Å². The van der Waals surface area contributed by atoms with Gasteiger partial charge in [0, 0.05) is 5.02 Å². The van der Waals surface area contributed by atoms with Gasteiger partial charge >= 0.3 is 0 Å². The van der Waals surface area contributed by atoms with E-state index >= 15 is 0 Å².